The lowest BCUT2D eigenvalue weighted by atomic mass is 10.2. The Morgan fingerprint density at radius 3 is 2.84 bits per heavy atom. The van der Waals surface area contributed by atoms with Gasteiger partial charge in [0.05, 0.1) is 7.11 Å². The van der Waals surface area contributed by atoms with Crippen LogP contribution in [-0.2, 0) is 6.54 Å². The quantitative estimate of drug-likeness (QED) is 0.767. The monoisotopic (exact) mass is 266 g/mol. The molecule has 0 atom stereocenters. The molecule has 2 rings (SSSR count). The van der Waals surface area contributed by atoms with Gasteiger partial charge < -0.3 is 15.0 Å². The molecule has 1 aliphatic rings. The van der Waals surface area contributed by atoms with Crippen molar-refractivity contribution in [3.05, 3.63) is 29.6 Å². The molecular formula is C15H23FN2O. The van der Waals surface area contributed by atoms with E-state index in [0.29, 0.717) is 17.9 Å². The van der Waals surface area contributed by atoms with Gasteiger partial charge in [0.25, 0.3) is 0 Å². The molecule has 0 unspecified atom stereocenters. The molecule has 0 radical (unpaired) electrons. The predicted octanol–water partition coefficient (Wildman–Crippen LogP) is 2.41. The van der Waals surface area contributed by atoms with Gasteiger partial charge in [-0.25, -0.2) is 4.39 Å². The number of halogens is 1. The van der Waals surface area contributed by atoms with Gasteiger partial charge in [-0.2, -0.15) is 0 Å². The fraction of sp³-hybridized carbons (Fsp3) is 0.600. The summed E-state index contributed by atoms with van der Waals surface area (Å²) in [4.78, 5) is 2.49. The van der Waals surface area contributed by atoms with Crippen molar-refractivity contribution in [3.63, 3.8) is 0 Å². The van der Waals surface area contributed by atoms with E-state index in [9.17, 15) is 4.39 Å². The third kappa shape index (κ3) is 4.18. The van der Waals surface area contributed by atoms with E-state index in [0.717, 1.165) is 19.5 Å². The Morgan fingerprint density at radius 2 is 2.11 bits per heavy atom. The summed E-state index contributed by atoms with van der Waals surface area (Å²) in [6.45, 7) is 5.11. The summed E-state index contributed by atoms with van der Waals surface area (Å²) in [6.07, 6.45) is 3.79. The first kappa shape index (κ1) is 14.3. The fourth-order valence-electron chi connectivity index (χ4n) is 2.51. The Balaban J connectivity index is 1.67. The molecule has 1 fully saturated rings. The van der Waals surface area contributed by atoms with Crippen molar-refractivity contribution in [1.29, 1.82) is 0 Å². The molecule has 0 amide bonds. The number of likely N-dealkylation sites (tertiary alicyclic amines) is 1. The Morgan fingerprint density at radius 1 is 1.32 bits per heavy atom. The standard InChI is InChI=1S/C15H23FN2O/c1-19-14-7-4-6-13(15(14)16)12-17-8-5-11-18-9-2-3-10-18/h4,6-7,17H,2-3,5,8-12H2,1H3. The third-order valence-corrected chi connectivity index (χ3v) is 3.61. The number of methoxy groups -OCH3 is 1. The SMILES string of the molecule is COc1cccc(CNCCCN2CCCC2)c1F. The Bertz CT molecular complexity index is 392. The van der Waals surface area contributed by atoms with Crippen LogP contribution < -0.4 is 10.1 Å². The highest BCUT2D eigenvalue weighted by Crippen LogP contribution is 2.19. The van der Waals surface area contributed by atoms with Crippen LogP contribution in [0.2, 0.25) is 0 Å². The van der Waals surface area contributed by atoms with Crippen LogP contribution in [0.15, 0.2) is 18.2 Å². The molecule has 1 saturated heterocycles. The smallest absolute Gasteiger partial charge is 0.169 e. The highest BCUT2D eigenvalue weighted by Gasteiger charge is 2.10. The van der Waals surface area contributed by atoms with Gasteiger partial charge >= 0.3 is 0 Å². The summed E-state index contributed by atoms with van der Waals surface area (Å²) in [6, 6.07) is 5.26. The van der Waals surface area contributed by atoms with Gasteiger partial charge in [0.2, 0.25) is 0 Å². The zero-order chi connectivity index (χ0) is 13.5. The minimum absolute atomic E-state index is 0.253. The molecule has 0 aliphatic carbocycles. The lowest BCUT2D eigenvalue weighted by Gasteiger charge is -2.14. The number of hydrogen-bond acceptors (Lipinski definition) is 3. The van der Waals surface area contributed by atoms with Gasteiger partial charge in [0, 0.05) is 12.1 Å². The number of benzene rings is 1. The van der Waals surface area contributed by atoms with E-state index in [1.54, 1.807) is 12.1 Å². The molecule has 4 heteroatoms. The van der Waals surface area contributed by atoms with E-state index in [1.165, 1.54) is 33.0 Å². The van der Waals surface area contributed by atoms with E-state index in [4.69, 9.17) is 4.74 Å². The van der Waals surface area contributed by atoms with Gasteiger partial charge in [-0.1, -0.05) is 12.1 Å². The van der Waals surface area contributed by atoms with E-state index in [2.05, 4.69) is 10.2 Å². The maximum Gasteiger partial charge on any atom is 0.169 e. The van der Waals surface area contributed by atoms with Crippen molar-refractivity contribution in [2.45, 2.75) is 25.8 Å². The average Bonchev–Trinajstić information content (AvgIpc) is 2.93. The van der Waals surface area contributed by atoms with Gasteiger partial charge in [-0.3, -0.25) is 0 Å². The lowest BCUT2D eigenvalue weighted by Crippen LogP contribution is -2.24. The molecule has 19 heavy (non-hydrogen) atoms. The first-order chi connectivity index (χ1) is 9.31. The first-order valence-electron chi connectivity index (χ1n) is 7.05. The zero-order valence-electron chi connectivity index (χ0n) is 11.6. The Labute approximate surface area is 114 Å². The molecule has 1 N–H and O–H groups in total. The first-order valence-corrected chi connectivity index (χ1v) is 7.05. The van der Waals surface area contributed by atoms with Crippen molar-refractivity contribution < 1.29 is 9.13 Å². The maximum atomic E-state index is 13.9. The van der Waals surface area contributed by atoms with Crippen LogP contribution in [0.25, 0.3) is 0 Å². The fourth-order valence-corrected chi connectivity index (χ4v) is 2.51. The molecule has 0 aromatic heterocycles. The van der Waals surface area contributed by atoms with Crippen molar-refractivity contribution in [2.75, 3.05) is 33.3 Å². The van der Waals surface area contributed by atoms with E-state index >= 15 is 0 Å². The van der Waals surface area contributed by atoms with Crippen LogP contribution in [0, 0.1) is 5.82 Å². The number of ether oxygens (including phenoxy) is 1. The molecule has 1 heterocycles. The van der Waals surface area contributed by atoms with E-state index < -0.39 is 0 Å². The third-order valence-electron chi connectivity index (χ3n) is 3.61. The maximum absolute atomic E-state index is 13.9. The molecule has 1 aromatic rings. The van der Waals surface area contributed by atoms with Crippen LogP contribution in [-0.4, -0.2) is 38.2 Å². The molecule has 1 aromatic carbocycles. The number of nitrogens with zero attached hydrogens (tertiary/aromatic N) is 1. The molecule has 0 spiro atoms. The summed E-state index contributed by atoms with van der Waals surface area (Å²) in [5.41, 5.74) is 0.667. The lowest BCUT2D eigenvalue weighted by molar-refractivity contribution is 0.330. The Hall–Kier alpha value is -1.13. The van der Waals surface area contributed by atoms with E-state index in [-0.39, 0.29) is 5.82 Å². The topological polar surface area (TPSA) is 24.5 Å². The second-order valence-electron chi connectivity index (χ2n) is 5.01. The van der Waals surface area contributed by atoms with Crippen molar-refractivity contribution in [2.24, 2.45) is 0 Å². The number of nitrogens with one attached hydrogen (secondary N) is 1. The van der Waals surface area contributed by atoms with Gasteiger partial charge in [-0.15, -0.1) is 0 Å². The summed E-state index contributed by atoms with van der Waals surface area (Å²) in [5, 5.41) is 3.30. The minimum atomic E-state index is -0.253. The van der Waals surface area contributed by atoms with Crippen LogP contribution in [0.1, 0.15) is 24.8 Å². The molecule has 1 aliphatic heterocycles. The summed E-state index contributed by atoms with van der Waals surface area (Å²) < 4.78 is 18.8. The number of rotatable bonds is 7. The summed E-state index contributed by atoms with van der Waals surface area (Å²) >= 11 is 0. The molecule has 0 saturated carbocycles. The molecule has 0 bridgehead atoms. The highest BCUT2D eigenvalue weighted by molar-refractivity contribution is 5.30. The van der Waals surface area contributed by atoms with Crippen molar-refractivity contribution in [1.82, 2.24) is 10.2 Å². The largest absolute Gasteiger partial charge is 0.494 e. The second kappa shape index (κ2) is 7.46. The Kier molecular flexibility index (Phi) is 5.61. The van der Waals surface area contributed by atoms with Crippen molar-refractivity contribution in [3.8, 4) is 5.75 Å². The second-order valence-corrected chi connectivity index (χ2v) is 5.01. The minimum Gasteiger partial charge on any atom is -0.494 e. The normalized spacial score (nSPS) is 15.9. The molecule has 3 nitrogen and oxygen atoms in total. The predicted molar refractivity (Wildman–Crippen MR) is 74.9 cm³/mol. The van der Waals surface area contributed by atoms with Gasteiger partial charge in [0.15, 0.2) is 11.6 Å². The van der Waals surface area contributed by atoms with Gasteiger partial charge in [-0.05, 0) is 51.5 Å². The van der Waals surface area contributed by atoms with Crippen molar-refractivity contribution >= 4 is 0 Å². The zero-order valence-corrected chi connectivity index (χ0v) is 11.6. The van der Waals surface area contributed by atoms with Crippen LogP contribution in [0.5, 0.6) is 5.75 Å². The summed E-state index contributed by atoms with van der Waals surface area (Å²) in [5.74, 6) is 0.0633. The molecule has 106 valence electrons. The van der Waals surface area contributed by atoms with Crippen LogP contribution >= 0.6 is 0 Å². The van der Waals surface area contributed by atoms with Gasteiger partial charge in [0.1, 0.15) is 0 Å². The number of hydrogen-bond donors (Lipinski definition) is 1. The van der Waals surface area contributed by atoms with Crippen LogP contribution in [0.3, 0.4) is 0 Å². The summed E-state index contributed by atoms with van der Waals surface area (Å²) in [7, 11) is 1.49. The highest BCUT2D eigenvalue weighted by atomic mass is 19.1. The van der Waals surface area contributed by atoms with E-state index in [1.807, 2.05) is 6.07 Å². The molecular weight excluding hydrogens is 243 g/mol. The average molecular weight is 266 g/mol. The van der Waals surface area contributed by atoms with Crippen LogP contribution in [0.4, 0.5) is 4.39 Å².